The fourth-order valence-corrected chi connectivity index (χ4v) is 3.47. The van der Waals surface area contributed by atoms with E-state index in [1.165, 1.54) is 47.4 Å². The van der Waals surface area contributed by atoms with Crippen LogP contribution in [0.3, 0.4) is 0 Å². The molecule has 3 aromatic carbocycles. The molecule has 0 fully saturated rings. The number of H-pyrrole nitrogens is 1. The van der Waals surface area contributed by atoms with Gasteiger partial charge in [0, 0.05) is 27.7 Å². The summed E-state index contributed by atoms with van der Waals surface area (Å²) in [6.45, 7) is -0.0135. The summed E-state index contributed by atoms with van der Waals surface area (Å²) in [7, 11) is 0. The smallest absolute Gasteiger partial charge is 0.258 e. The number of pyridine rings is 1. The van der Waals surface area contributed by atoms with Gasteiger partial charge in [0.2, 0.25) is 5.56 Å². The quantitative estimate of drug-likeness (QED) is 0.483. The Labute approximate surface area is 175 Å². The van der Waals surface area contributed by atoms with Crippen molar-refractivity contribution in [3.05, 3.63) is 111 Å². The molecule has 0 radical (unpaired) electrons. The monoisotopic (exact) mass is 424 g/mol. The molecule has 4 nitrogen and oxygen atoms in total. The maximum atomic E-state index is 14.2. The number of hydrogen-bond acceptors (Lipinski definition) is 2. The molecule has 0 aliphatic heterocycles. The molecule has 0 unspecified atom stereocenters. The van der Waals surface area contributed by atoms with Crippen LogP contribution in [0.15, 0.2) is 77.6 Å². The van der Waals surface area contributed by atoms with Crippen LogP contribution < -0.4 is 10.5 Å². The third kappa shape index (κ3) is 3.95. The summed E-state index contributed by atoms with van der Waals surface area (Å²) in [6, 6.07) is 17.6. The number of fused-ring (bicyclic) bond motifs is 1. The maximum Gasteiger partial charge on any atom is 0.258 e. The van der Waals surface area contributed by atoms with Crippen molar-refractivity contribution in [1.82, 2.24) is 4.98 Å². The van der Waals surface area contributed by atoms with Crippen molar-refractivity contribution in [1.29, 1.82) is 0 Å². The average Bonchev–Trinajstić information content (AvgIpc) is 2.72. The number of aromatic amines is 1. The molecular weight excluding hydrogens is 410 g/mol. The van der Waals surface area contributed by atoms with Gasteiger partial charge < -0.3 is 9.88 Å². The van der Waals surface area contributed by atoms with Gasteiger partial charge in [-0.1, -0.05) is 29.8 Å². The maximum absolute atomic E-state index is 14.2. The highest BCUT2D eigenvalue weighted by Gasteiger charge is 2.20. The summed E-state index contributed by atoms with van der Waals surface area (Å²) in [6.07, 6.45) is 0. The van der Waals surface area contributed by atoms with E-state index in [0.717, 1.165) is 0 Å². The number of anilines is 1. The van der Waals surface area contributed by atoms with Gasteiger partial charge in [0.25, 0.3) is 5.91 Å². The molecule has 0 saturated heterocycles. The number of rotatable bonds is 4. The van der Waals surface area contributed by atoms with E-state index in [-0.39, 0.29) is 17.6 Å². The van der Waals surface area contributed by atoms with Gasteiger partial charge >= 0.3 is 0 Å². The summed E-state index contributed by atoms with van der Waals surface area (Å²) in [5.74, 6) is -1.44. The van der Waals surface area contributed by atoms with E-state index in [4.69, 9.17) is 11.6 Å². The van der Waals surface area contributed by atoms with Crippen LogP contribution >= 0.6 is 11.6 Å². The van der Waals surface area contributed by atoms with E-state index in [1.54, 1.807) is 30.3 Å². The van der Waals surface area contributed by atoms with Crippen molar-refractivity contribution in [3.8, 4) is 0 Å². The number of nitrogens with zero attached hydrogens (tertiary/aromatic N) is 1. The summed E-state index contributed by atoms with van der Waals surface area (Å²) < 4.78 is 27.5. The van der Waals surface area contributed by atoms with Gasteiger partial charge in [-0.3, -0.25) is 9.59 Å². The van der Waals surface area contributed by atoms with E-state index in [2.05, 4.69) is 4.98 Å². The molecule has 30 heavy (non-hydrogen) atoms. The molecule has 7 heteroatoms. The van der Waals surface area contributed by atoms with Gasteiger partial charge in [0.1, 0.15) is 11.6 Å². The predicted molar refractivity (Wildman–Crippen MR) is 113 cm³/mol. The SMILES string of the molecule is O=C(c1ccc(F)cc1)N(Cc1cc(=O)[nH]c2c(F)cccc12)c1cccc(Cl)c1. The Kier molecular flexibility index (Phi) is 5.33. The Morgan fingerprint density at radius 2 is 1.70 bits per heavy atom. The molecule has 4 rings (SSSR count). The topological polar surface area (TPSA) is 53.2 Å². The normalized spacial score (nSPS) is 10.9. The zero-order chi connectivity index (χ0) is 21.3. The number of carbonyl (C=O) groups excluding carboxylic acids is 1. The van der Waals surface area contributed by atoms with Gasteiger partial charge in [-0.2, -0.15) is 0 Å². The Morgan fingerprint density at radius 3 is 2.43 bits per heavy atom. The van der Waals surface area contributed by atoms with Crippen LogP contribution in [0.2, 0.25) is 5.02 Å². The number of carbonyl (C=O) groups is 1. The van der Waals surface area contributed by atoms with Crippen LogP contribution in [0.4, 0.5) is 14.5 Å². The van der Waals surface area contributed by atoms with Crippen LogP contribution in [-0.4, -0.2) is 10.9 Å². The lowest BCUT2D eigenvalue weighted by Crippen LogP contribution is -2.31. The average molecular weight is 425 g/mol. The second-order valence-corrected chi connectivity index (χ2v) is 7.14. The number of benzene rings is 3. The van der Waals surface area contributed by atoms with E-state index in [0.29, 0.717) is 21.7 Å². The minimum absolute atomic E-state index is 0.0135. The fourth-order valence-electron chi connectivity index (χ4n) is 3.29. The fraction of sp³-hybridized carbons (Fsp3) is 0.0435. The molecule has 0 atom stereocenters. The molecule has 1 aromatic heterocycles. The predicted octanol–water partition coefficient (Wildman–Crippen LogP) is 5.31. The van der Waals surface area contributed by atoms with Gasteiger partial charge in [-0.25, -0.2) is 8.78 Å². The van der Waals surface area contributed by atoms with Crippen LogP contribution in [0.1, 0.15) is 15.9 Å². The largest absolute Gasteiger partial charge is 0.319 e. The van der Waals surface area contributed by atoms with Crippen molar-refractivity contribution in [2.24, 2.45) is 0 Å². The van der Waals surface area contributed by atoms with E-state index < -0.39 is 23.1 Å². The highest BCUT2D eigenvalue weighted by Crippen LogP contribution is 2.26. The minimum atomic E-state index is -0.564. The molecule has 1 amide bonds. The van der Waals surface area contributed by atoms with Crippen molar-refractivity contribution in [3.63, 3.8) is 0 Å². The lowest BCUT2D eigenvalue weighted by Gasteiger charge is -2.24. The van der Waals surface area contributed by atoms with Gasteiger partial charge in [-0.05, 0) is 54.1 Å². The molecule has 0 aliphatic rings. The molecule has 4 aromatic rings. The number of halogens is 3. The van der Waals surface area contributed by atoms with Crippen molar-refractivity contribution in [2.75, 3.05) is 4.90 Å². The number of hydrogen-bond donors (Lipinski definition) is 1. The summed E-state index contributed by atoms with van der Waals surface area (Å²) in [5, 5.41) is 0.903. The highest BCUT2D eigenvalue weighted by atomic mass is 35.5. The third-order valence-corrected chi connectivity index (χ3v) is 4.93. The standard InChI is InChI=1S/C23H15ClF2N2O2/c24-16-3-1-4-18(12-16)28(23(30)14-7-9-17(25)10-8-14)13-15-11-21(29)27-22-19(15)5-2-6-20(22)26/h1-12H,13H2,(H,27,29). The van der Waals surface area contributed by atoms with Gasteiger partial charge in [0.15, 0.2) is 0 Å². The van der Waals surface area contributed by atoms with Crippen LogP contribution in [0.5, 0.6) is 0 Å². The Morgan fingerprint density at radius 1 is 0.967 bits per heavy atom. The molecule has 1 N–H and O–H groups in total. The minimum Gasteiger partial charge on any atom is -0.319 e. The lowest BCUT2D eigenvalue weighted by atomic mass is 10.1. The van der Waals surface area contributed by atoms with Crippen LogP contribution in [0, 0.1) is 11.6 Å². The molecule has 0 spiro atoms. The van der Waals surface area contributed by atoms with E-state index in [9.17, 15) is 18.4 Å². The molecule has 1 heterocycles. The molecule has 0 saturated carbocycles. The highest BCUT2D eigenvalue weighted by molar-refractivity contribution is 6.31. The third-order valence-electron chi connectivity index (χ3n) is 4.70. The first-order valence-corrected chi connectivity index (χ1v) is 9.43. The number of nitrogens with one attached hydrogen (secondary N) is 1. The van der Waals surface area contributed by atoms with Crippen molar-refractivity contribution < 1.29 is 13.6 Å². The van der Waals surface area contributed by atoms with Crippen LogP contribution in [-0.2, 0) is 6.54 Å². The first-order chi connectivity index (χ1) is 14.4. The first-order valence-electron chi connectivity index (χ1n) is 9.06. The molecular formula is C23H15ClF2N2O2. The van der Waals surface area contributed by atoms with Gasteiger partial charge in [0.05, 0.1) is 12.1 Å². The first kappa shape index (κ1) is 19.8. The lowest BCUT2D eigenvalue weighted by molar-refractivity contribution is 0.0985. The van der Waals surface area contributed by atoms with Gasteiger partial charge in [-0.15, -0.1) is 0 Å². The summed E-state index contributed by atoms with van der Waals surface area (Å²) in [4.78, 5) is 29.3. The number of para-hydroxylation sites is 1. The zero-order valence-corrected chi connectivity index (χ0v) is 16.3. The second kappa shape index (κ2) is 8.08. The van der Waals surface area contributed by atoms with Crippen molar-refractivity contribution in [2.45, 2.75) is 6.54 Å². The van der Waals surface area contributed by atoms with E-state index >= 15 is 0 Å². The second-order valence-electron chi connectivity index (χ2n) is 6.70. The van der Waals surface area contributed by atoms with Crippen LogP contribution in [0.25, 0.3) is 10.9 Å². The summed E-state index contributed by atoms with van der Waals surface area (Å²) in [5.41, 5.74) is 0.796. The number of aromatic nitrogens is 1. The Hall–Kier alpha value is -3.51. The molecule has 0 aliphatic carbocycles. The van der Waals surface area contributed by atoms with E-state index in [1.807, 2.05) is 0 Å². The zero-order valence-electron chi connectivity index (χ0n) is 15.5. The Balaban J connectivity index is 1.84. The van der Waals surface area contributed by atoms with Crippen molar-refractivity contribution >= 4 is 34.1 Å². The molecule has 150 valence electrons. The Bertz CT molecular complexity index is 1300. The molecule has 0 bridgehead atoms. The number of amides is 1. The summed E-state index contributed by atoms with van der Waals surface area (Å²) >= 11 is 6.11.